The first-order valence-corrected chi connectivity index (χ1v) is 12.2. The van der Waals surface area contributed by atoms with Crippen molar-refractivity contribution in [2.75, 3.05) is 0 Å². The zero-order chi connectivity index (χ0) is 20.0. The molecule has 156 valence electrons. The lowest BCUT2D eigenvalue weighted by atomic mass is 9.90. The largest absolute Gasteiger partial charge is 0.253 e. The second-order valence-electron chi connectivity index (χ2n) is 8.46. The fraction of sp³-hybridized carbons (Fsp3) is 0.667. The van der Waals surface area contributed by atoms with Gasteiger partial charge >= 0.3 is 0 Å². The summed E-state index contributed by atoms with van der Waals surface area (Å²) in [6, 6.07) is 8.88. The molecule has 0 bridgehead atoms. The van der Waals surface area contributed by atoms with Crippen LogP contribution in [0.1, 0.15) is 115 Å². The Labute approximate surface area is 174 Å². The minimum absolute atomic E-state index is 1.16. The molecule has 0 atom stereocenters. The van der Waals surface area contributed by atoms with Crippen LogP contribution in [0.3, 0.4) is 0 Å². The molecule has 1 aromatic heterocycles. The van der Waals surface area contributed by atoms with Crippen molar-refractivity contribution in [3.63, 3.8) is 0 Å². The molecule has 1 aromatic carbocycles. The summed E-state index contributed by atoms with van der Waals surface area (Å²) in [6.45, 7) is 6.90. The van der Waals surface area contributed by atoms with Crippen LogP contribution in [0.4, 0.5) is 0 Å². The van der Waals surface area contributed by atoms with Crippen molar-refractivity contribution in [1.82, 2.24) is 4.98 Å². The highest BCUT2D eigenvalue weighted by atomic mass is 14.7. The fourth-order valence-electron chi connectivity index (χ4n) is 4.34. The Balaban J connectivity index is 2.29. The minimum atomic E-state index is 1.16. The number of hydrogen-bond donors (Lipinski definition) is 0. The molecule has 1 heteroatoms. The Morgan fingerprint density at radius 2 is 1.11 bits per heavy atom. The van der Waals surface area contributed by atoms with Crippen molar-refractivity contribution in [2.24, 2.45) is 0 Å². The lowest BCUT2D eigenvalue weighted by Gasteiger charge is -2.18. The maximum Gasteiger partial charge on any atom is 0.0708 e. The number of unbranched alkanes of at least 4 members (excludes halogenated alkanes) is 9. The molecule has 0 N–H and O–H groups in total. The molecule has 0 aliphatic carbocycles. The zero-order valence-corrected chi connectivity index (χ0v) is 18.9. The average Bonchev–Trinajstić information content (AvgIpc) is 2.72. The number of hydrogen-bond acceptors (Lipinski definition) is 1. The third kappa shape index (κ3) is 7.22. The Morgan fingerprint density at radius 1 is 0.571 bits per heavy atom. The molecule has 1 nitrogen and oxygen atoms in total. The van der Waals surface area contributed by atoms with Crippen LogP contribution in [-0.2, 0) is 19.3 Å². The summed E-state index contributed by atoms with van der Waals surface area (Å²) in [7, 11) is 0. The predicted molar refractivity (Wildman–Crippen MR) is 125 cm³/mol. The lowest BCUT2D eigenvalue weighted by molar-refractivity contribution is 0.636. The van der Waals surface area contributed by atoms with Gasteiger partial charge in [0.05, 0.1) is 5.52 Å². The average molecular weight is 382 g/mol. The van der Waals surface area contributed by atoms with E-state index in [2.05, 4.69) is 45.0 Å². The maximum atomic E-state index is 5.18. The molecule has 0 saturated heterocycles. The van der Waals surface area contributed by atoms with E-state index in [4.69, 9.17) is 4.98 Å². The molecule has 1 heterocycles. The number of benzene rings is 1. The van der Waals surface area contributed by atoms with Crippen molar-refractivity contribution in [1.29, 1.82) is 0 Å². The molecule has 0 saturated carbocycles. The quantitative estimate of drug-likeness (QED) is 0.281. The second kappa shape index (κ2) is 13.7. The zero-order valence-electron chi connectivity index (χ0n) is 18.9. The van der Waals surface area contributed by atoms with E-state index >= 15 is 0 Å². The van der Waals surface area contributed by atoms with Gasteiger partial charge in [-0.05, 0) is 55.7 Å². The molecule has 0 fully saturated rings. The van der Waals surface area contributed by atoms with E-state index in [1.807, 2.05) is 0 Å². The molecule has 2 rings (SSSR count). The Hall–Kier alpha value is -1.37. The predicted octanol–water partition coefficient (Wildman–Crippen LogP) is 8.60. The Bertz CT molecular complexity index is 673. The normalized spacial score (nSPS) is 11.4. The van der Waals surface area contributed by atoms with E-state index in [-0.39, 0.29) is 0 Å². The first-order valence-electron chi connectivity index (χ1n) is 12.2. The second-order valence-corrected chi connectivity index (χ2v) is 8.46. The summed E-state index contributed by atoms with van der Waals surface area (Å²) < 4.78 is 0. The number of aromatic nitrogens is 1. The monoisotopic (exact) mass is 381 g/mol. The van der Waals surface area contributed by atoms with E-state index in [1.165, 1.54) is 106 Å². The molecule has 0 radical (unpaired) electrons. The third-order valence-corrected chi connectivity index (χ3v) is 6.02. The Morgan fingerprint density at radius 3 is 1.71 bits per heavy atom. The van der Waals surface area contributed by atoms with Gasteiger partial charge in [0.25, 0.3) is 0 Å². The van der Waals surface area contributed by atoms with E-state index in [0.717, 1.165) is 6.42 Å². The van der Waals surface area contributed by atoms with Gasteiger partial charge in [0.1, 0.15) is 0 Å². The van der Waals surface area contributed by atoms with E-state index in [9.17, 15) is 0 Å². The molecule has 0 amide bonds. The van der Waals surface area contributed by atoms with Crippen LogP contribution in [0.25, 0.3) is 10.9 Å². The highest BCUT2D eigenvalue weighted by molar-refractivity contribution is 5.83. The van der Waals surface area contributed by atoms with Gasteiger partial charge in [-0.2, -0.15) is 0 Å². The summed E-state index contributed by atoms with van der Waals surface area (Å²) >= 11 is 0. The van der Waals surface area contributed by atoms with E-state index in [1.54, 1.807) is 11.1 Å². The number of rotatable bonds is 15. The number of aryl methyl sites for hydroxylation is 2. The van der Waals surface area contributed by atoms with Crippen molar-refractivity contribution in [3.05, 3.63) is 41.1 Å². The van der Waals surface area contributed by atoms with Crippen molar-refractivity contribution >= 4 is 10.9 Å². The number of pyridine rings is 1. The van der Waals surface area contributed by atoms with Crippen LogP contribution in [0.5, 0.6) is 0 Å². The van der Waals surface area contributed by atoms with Gasteiger partial charge in [-0.25, -0.2) is 0 Å². The SMILES string of the molecule is CCCCCCc1nc2ccccc2c(CCCCCC)c1CCCCCC. The summed E-state index contributed by atoms with van der Waals surface area (Å²) in [4.78, 5) is 5.18. The summed E-state index contributed by atoms with van der Waals surface area (Å²) in [5.41, 5.74) is 5.87. The molecule has 28 heavy (non-hydrogen) atoms. The maximum absolute atomic E-state index is 5.18. The van der Waals surface area contributed by atoms with Gasteiger partial charge in [0.2, 0.25) is 0 Å². The summed E-state index contributed by atoms with van der Waals surface area (Å²) in [5.74, 6) is 0. The van der Waals surface area contributed by atoms with E-state index in [0.29, 0.717) is 0 Å². The van der Waals surface area contributed by atoms with Crippen LogP contribution in [0.15, 0.2) is 24.3 Å². The molecule has 0 aliphatic heterocycles. The topological polar surface area (TPSA) is 12.9 Å². The van der Waals surface area contributed by atoms with Crippen LogP contribution >= 0.6 is 0 Å². The van der Waals surface area contributed by atoms with Crippen molar-refractivity contribution in [3.8, 4) is 0 Å². The smallest absolute Gasteiger partial charge is 0.0708 e. The molecule has 2 aromatic rings. The van der Waals surface area contributed by atoms with Gasteiger partial charge in [0.15, 0.2) is 0 Å². The number of fused-ring (bicyclic) bond motifs is 1. The highest BCUT2D eigenvalue weighted by Gasteiger charge is 2.14. The summed E-state index contributed by atoms with van der Waals surface area (Å²) in [5, 5.41) is 1.42. The lowest BCUT2D eigenvalue weighted by Crippen LogP contribution is -2.06. The van der Waals surface area contributed by atoms with E-state index < -0.39 is 0 Å². The number of nitrogens with zero attached hydrogens (tertiary/aromatic N) is 1. The molecule has 0 unspecified atom stereocenters. The Kier molecular flexibility index (Phi) is 11.3. The third-order valence-electron chi connectivity index (χ3n) is 6.02. The first-order chi connectivity index (χ1) is 13.8. The van der Waals surface area contributed by atoms with Crippen LogP contribution in [-0.4, -0.2) is 4.98 Å². The molecular formula is C27H43N. The molecular weight excluding hydrogens is 338 g/mol. The van der Waals surface area contributed by atoms with Crippen LogP contribution < -0.4 is 0 Å². The van der Waals surface area contributed by atoms with Gasteiger partial charge in [0, 0.05) is 11.1 Å². The fourth-order valence-corrected chi connectivity index (χ4v) is 4.34. The van der Waals surface area contributed by atoms with Crippen molar-refractivity contribution < 1.29 is 0 Å². The highest BCUT2D eigenvalue weighted by Crippen LogP contribution is 2.28. The summed E-state index contributed by atoms with van der Waals surface area (Å²) in [6.07, 6.45) is 19.6. The molecule has 0 spiro atoms. The minimum Gasteiger partial charge on any atom is -0.253 e. The first kappa shape index (κ1) is 22.9. The standard InChI is InChI=1S/C27H43N/c1-4-7-10-13-18-23-24(19-14-11-8-5-2)26(21-15-12-9-6-3)28-27-22-17-16-20-25(23)27/h16-17,20,22H,4-15,18-19,21H2,1-3H3. The van der Waals surface area contributed by atoms with Gasteiger partial charge in [-0.1, -0.05) is 96.8 Å². The van der Waals surface area contributed by atoms with Crippen LogP contribution in [0, 0.1) is 0 Å². The van der Waals surface area contributed by atoms with Gasteiger partial charge in [-0.3, -0.25) is 4.98 Å². The number of para-hydroxylation sites is 1. The van der Waals surface area contributed by atoms with Gasteiger partial charge in [-0.15, -0.1) is 0 Å². The van der Waals surface area contributed by atoms with Crippen molar-refractivity contribution in [2.45, 2.75) is 117 Å². The van der Waals surface area contributed by atoms with Gasteiger partial charge < -0.3 is 0 Å². The molecule has 0 aliphatic rings. The van der Waals surface area contributed by atoms with Crippen LogP contribution in [0.2, 0.25) is 0 Å².